The summed E-state index contributed by atoms with van der Waals surface area (Å²) in [6, 6.07) is 19.9. The SMILES string of the molecule is COc1ccccc1NC(=O)CSc1nc2ccccc2n1S(=O)(=O)c1ccc(Cl)cc1. The Balaban J connectivity index is 1.65. The van der Waals surface area contributed by atoms with Gasteiger partial charge >= 0.3 is 0 Å². The number of carbonyl (C=O) groups excluding carboxylic acids is 1. The summed E-state index contributed by atoms with van der Waals surface area (Å²) >= 11 is 6.95. The Labute approximate surface area is 194 Å². The van der Waals surface area contributed by atoms with Gasteiger partial charge in [-0.1, -0.05) is 47.6 Å². The predicted octanol–water partition coefficient (Wildman–Crippen LogP) is 4.67. The molecule has 0 fully saturated rings. The highest BCUT2D eigenvalue weighted by atomic mass is 35.5. The second-order valence-corrected chi connectivity index (χ2v) is 9.81. The average molecular weight is 488 g/mol. The molecule has 1 amide bonds. The van der Waals surface area contributed by atoms with Crippen LogP contribution in [0.1, 0.15) is 0 Å². The fraction of sp³-hybridized carbons (Fsp3) is 0.0909. The van der Waals surface area contributed by atoms with Gasteiger partial charge in [0.15, 0.2) is 5.16 Å². The Hall–Kier alpha value is -3.01. The molecule has 0 aliphatic heterocycles. The number of rotatable bonds is 7. The van der Waals surface area contributed by atoms with Crippen LogP contribution < -0.4 is 10.1 Å². The molecule has 0 atom stereocenters. The highest BCUT2D eigenvalue weighted by Gasteiger charge is 2.25. The number of para-hydroxylation sites is 4. The summed E-state index contributed by atoms with van der Waals surface area (Å²) in [6.45, 7) is 0. The lowest BCUT2D eigenvalue weighted by Gasteiger charge is -2.11. The number of halogens is 1. The molecule has 10 heteroatoms. The normalized spacial score (nSPS) is 11.4. The summed E-state index contributed by atoms with van der Waals surface area (Å²) in [5, 5.41) is 3.40. The van der Waals surface area contributed by atoms with Crippen LogP contribution in [0.2, 0.25) is 5.02 Å². The predicted molar refractivity (Wildman–Crippen MR) is 126 cm³/mol. The molecule has 0 saturated heterocycles. The maximum atomic E-state index is 13.4. The summed E-state index contributed by atoms with van der Waals surface area (Å²) in [5.41, 5.74) is 1.47. The maximum Gasteiger partial charge on any atom is 0.270 e. The van der Waals surface area contributed by atoms with Gasteiger partial charge in [0.2, 0.25) is 5.91 Å². The zero-order valence-corrected chi connectivity index (χ0v) is 19.2. The number of methoxy groups -OCH3 is 1. The van der Waals surface area contributed by atoms with Gasteiger partial charge in [0.1, 0.15) is 5.75 Å². The number of imidazole rings is 1. The van der Waals surface area contributed by atoms with E-state index in [1.165, 1.54) is 31.4 Å². The lowest BCUT2D eigenvalue weighted by molar-refractivity contribution is -0.113. The standard InChI is InChI=1S/C22H18ClN3O4S2/c1-30-20-9-5-3-7-18(20)24-21(27)14-31-22-25-17-6-2-4-8-19(17)26(22)32(28,29)16-12-10-15(23)11-13-16/h2-13H,14H2,1H3,(H,24,27). The summed E-state index contributed by atoms with van der Waals surface area (Å²) in [4.78, 5) is 17.1. The monoisotopic (exact) mass is 487 g/mol. The summed E-state index contributed by atoms with van der Waals surface area (Å²) < 4.78 is 33.2. The first-order valence-corrected chi connectivity index (χ1v) is 12.2. The Morgan fingerprint density at radius 1 is 1.06 bits per heavy atom. The molecule has 0 unspecified atom stereocenters. The van der Waals surface area contributed by atoms with Gasteiger partial charge in [0.05, 0.1) is 34.5 Å². The molecule has 164 valence electrons. The van der Waals surface area contributed by atoms with E-state index < -0.39 is 10.0 Å². The van der Waals surface area contributed by atoms with Crippen LogP contribution >= 0.6 is 23.4 Å². The molecule has 4 aromatic rings. The average Bonchev–Trinajstić information content (AvgIpc) is 3.17. The first kappa shape index (κ1) is 22.2. The van der Waals surface area contributed by atoms with Gasteiger partial charge in [-0.2, -0.15) is 0 Å². The van der Waals surface area contributed by atoms with E-state index in [4.69, 9.17) is 16.3 Å². The molecule has 0 radical (unpaired) electrons. The van der Waals surface area contributed by atoms with Gasteiger partial charge in [0.25, 0.3) is 10.0 Å². The van der Waals surface area contributed by atoms with Gasteiger partial charge in [-0.25, -0.2) is 17.4 Å². The number of amides is 1. The van der Waals surface area contributed by atoms with Crippen molar-refractivity contribution in [1.29, 1.82) is 0 Å². The molecule has 0 aliphatic rings. The number of carbonyl (C=O) groups is 1. The van der Waals surface area contributed by atoms with Crippen LogP contribution in [0.25, 0.3) is 11.0 Å². The van der Waals surface area contributed by atoms with Gasteiger partial charge < -0.3 is 10.1 Å². The molecule has 0 saturated carbocycles. The number of benzene rings is 3. The minimum absolute atomic E-state index is 0.0441. The molecule has 3 aromatic carbocycles. The lowest BCUT2D eigenvalue weighted by atomic mass is 10.3. The molecule has 32 heavy (non-hydrogen) atoms. The molecule has 1 aromatic heterocycles. The van der Waals surface area contributed by atoms with Crippen LogP contribution in [0.5, 0.6) is 5.75 Å². The van der Waals surface area contributed by atoms with Crippen LogP contribution in [0.15, 0.2) is 82.8 Å². The molecule has 0 aliphatic carbocycles. The lowest BCUT2D eigenvalue weighted by Crippen LogP contribution is -2.17. The number of nitrogens with zero attached hydrogens (tertiary/aromatic N) is 2. The molecule has 1 N–H and O–H groups in total. The van der Waals surface area contributed by atoms with E-state index in [1.54, 1.807) is 48.5 Å². The highest BCUT2D eigenvalue weighted by molar-refractivity contribution is 8.00. The molecular formula is C22H18ClN3O4S2. The Morgan fingerprint density at radius 3 is 2.50 bits per heavy atom. The van der Waals surface area contributed by atoms with E-state index in [-0.39, 0.29) is 21.7 Å². The summed E-state index contributed by atoms with van der Waals surface area (Å²) in [7, 11) is -2.45. The third-order valence-corrected chi connectivity index (χ3v) is 7.58. The Bertz CT molecular complexity index is 1390. The van der Waals surface area contributed by atoms with Crippen LogP contribution in [0.3, 0.4) is 0 Å². The van der Waals surface area contributed by atoms with Crippen molar-refractivity contribution >= 4 is 56.0 Å². The highest BCUT2D eigenvalue weighted by Crippen LogP contribution is 2.30. The van der Waals surface area contributed by atoms with Crippen molar-refractivity contribution in [2.75, 3.05) is 18.2 Å². The summed E-state index contributed by atoms with van der Waals surface area (Å²) in [6.07, 6.45) is 0. The molecule has 7 nitrogen and oxygen atoms in total. The number of anilines is 1. The van der Waals surface area contributed by atoms with Crippen molar-refractivity contribution in [3.63, 3.8) is 0 Å². The smallest absolute Gasteiger partial charge is 0.270 e. The van der Waals surface area contributed by atoms with Gasteiger partial charge in [-0.15, -0.1) is 0 Å². The van der Waals surface area contributed by atoms with E-state index in [0.29, 0.717) is 27.5 Å². The Morgan fingerprint density at radius 2 is 1.75 bits per heavy atom. The number of thioether (sulfide) groups is 1. The van der Waals surface area contributed by atoms with Crippen molar-refractivity contribution in [3.05, 3.63) is 77.8 Å². The van der Waals surface area contributed by atoms with E-state index in [2.05, 4.69) is 10.3 Å². The van der Waals surface area contributed by atoms with Gasteiger partial charge in [-0.3, -0.25) is 4.79 Å². The third-order valence-electron chi connectivity index (χ3n) is 4.56. The number of fused-ring (bicyclic) bond motifs is 1. The number of aromatic nitrogens is 2. The summed E-state index contributed by atoms with van der Waals surface area (Å²) in [5.74, 6) is 0.169. The molecule has 0 bridgehead atoms. The van der Waals surface area contributed by atoms with Crippen molar-refractivity contribution in [3.8, 4) is 5.75 Å². The zero-order valence-electron chi connectivity index (χ0n) is 16.9. The topological polar surface area (TPSA) is 90.3 Å². The quantitative estimate of drug-likeness (QED) is 0.381. The molecular weight excluding hydrogens is 470 g/mol. The molecule has 1 heterocycles. The van der Waals surface area contributed by atoms with E-state index in [1.807, 2.05) is 0 Å². The maximum absolute atomic E-state index is 13.4. The fourth-order valence-corrected chi connectivity index (χ4v) is 5.72. The number of hydrogen-bond acceptors (Lipinski definition) is 6. The first-order valence-electron chi connectivity index (χ1n) is 9.44. The number of nitrogens with one attached hydrogen (secondary N) is 1. The number of hydrogen-bond donors (Lipinski definition) is 1. The van der Waals surface area contributed by atoms with Crippen LogP contribution in [-0.2, 0) is 14.8 Å². The minimum atomic E-state index is -3.96. The fourth-order valence-electron chi connectivity index (χ4n) is 3.08. The third kappa shape index (κ3) is 4.45. The second-order valence-electron chi connectivity index (χ2n) is 6.64. The van der Waals surface area contributed by atoms with Gasteiger partial charge in [-0.05, 0) is 48.5 Å². The first-order chi connectivity index (χ1) is 15.4. The van der Waals surface area contributed by atoms with Crippen molar-refractivity contribution in [2.24, 2.45) is 0 Å². The van der Waals surface area contributed by atoms with Crippen molar-refractivity contribution in [2.45, 2.75) is 10.1 Å². The minimum Gasteiger partial charge on any atom is -0.495 e. The molecule has 4 rings (SSSR count). The van der Waals surface area contributed by atoms with Crippen LogP contribution in [-0.4, -0.2) is 36.1 Å². The van der Waals surface area contributed by atoms with Crippen molar-refractivity contribution < 1.29 is 17.9 Å². The second kappa shape index (κ2) is 9.23. The Kier molecular flexibility index (Phi) is 6.40. The molecule has 0 spiro atoms. The van der Waals surface area contributed by atoms with Crippen molar-refractivity contribution in [1.82, 2.24) is 8.96 Å². The van der Waals surface area contributed by atoms with E-state index >= 15 is 0 Å². The largest absolute Gasteiger partial charge is 0.495 e. The van der Waals surface area contributed by atoms with E-state index in [0.717, 1.165) is 15.7 Å². The van der Waals surface area contributed by atoms with Gasteiger partial charge in [0, 0.05) is 5.02 Å². The van der Waals surface area contributed by atoms with Crippen LogP contribution in [0, 0.1) is 0 Å². The zero-order chi connectivity index (χ0) is 22.7. The van der Waals surface area contributed by atoms with E-state index in [9.17, 15) is 13.2 Å². The number of ether oxygens (including phenoxy) is 1. The van der Waals surface area contributed by atoms with Crippen LogP contribution in [0.4, 0.5) is 5.69 Å².